The van der Waals surface area contributed by atoms with Crippen LogP contribution in [0.25, 0.3) is 0 Å². The number of rotatable bonds is 3. The van der Waals surface area contributed by atoms with E-state index in [0.29, 0.717) is 12.1 Å². The summed E-state index contributed by atoms with van der Waals surface area (Å²) in [7, 11) is 0. The minimum Gasteiger partial charge on any atom is -0.329 e. The lowest BCUT2D eigenvalue weighted by atomic mass is 10.0. The average molecular weight is 285 g/mol. The van der Waals surface area contributed by atoms with Crippen LogP contribution in [0.3, 0.4) is 0 Å². The van der Waals surface area contributed by atoms with Crippen molar-refractivity contribution in [2.24, 2.45) is 0 Å². The van der Waals surface area contributed by atoms with Crippen LogP contribution in [0.5, 0.6) is 0 Å². The molecule has 0 aliphatic carbocycles. The van der Waals surface area contributed by atoms with Crippen molar-refractivity contribution in [1.29, 1.82) is 0 Å². The molecule has 6 nitrogen and oxygen atoms in total. The average Bonchev–Trinajstić information content (AvgIpc) is 3.04. The third-order valence-corrected chi connectivity index (χ3v) is 3.78. The third kappa shape index (κ3) is 2.80. The number of nitrogens with one attached hydrogen (secondary N) is 1. The molecule has 1 aliphatic heterocycles. The van der Waals surface area contributed by atoms with Crippen LogP contribution >= 0.6 is 0 Å². The SMILES string of the molecule is CCn1cc(C(=O)N2CCNCC2c2cccnc2)cn1. The molecule has 1 unspecified atom stereocenters. The van der Waals surface area contributed by atoms with Gasteiger partial charge in [0.1, 0.15) is 0 Å². The van der Waals surface area contributed by atoms with Crippen molar-refractivity contribution in [1.82, 2.24) is 25.0 Å². The summed E-state index contributed by atoms with van der Waals surface area (Å²) in [4.78, 5) is 18.8. The van der Waals surface area contributed by atoms with Gasteiger partial charge in [-0.05, 0) is 18.6 Å². The molecular weight excluding hydrogens is 266 g/mol. The Kier molecular flexibility index (Phi) is 3.96. The molecular formula is C15H19N5O. The molecule has 0 aromatic carbocycles. The van der Waals surface area contributed by atoms with Gasteiger partial charge in [0.25, 0.3) is 5.91 Å². The van der Waals surface area contributed by atoms with Crippen molar-refractivity contribution in [3.05, 3.63) is 48.0 Å². The quantitative estimate of drug-likeness (QED) is 0.917. The first kappa shape index (κ1) is 13.8. The van der Waals surface area contributed by atoms with E-state index in [-0.39, 0.29) is 11.9 Å². The van der Waals surface area contributed by atoms with E-state index >= 15 is 0 Å². The molecule has 1 aliphatic rings. The van der Waals surface area contributed by atoms with Gasteiger partial charge < -0.3 is 10.2 Å². The van der Waals surface area contributed by atoms with E-state index in [0.717, 1.165) is 25.2 Å². The summed E-state index contributed by atoms with van der Waals surface area (Å²) in [6.45, 7) is 5.02. The fourth-order valence-electron chi connectivity index (χ4n) is 2.63. The van der Waals surface area contributed by atoms with Crippen molar-refractivity contribution < 1.29 is 4.79 Å². The van der Waals surface area contributed by atoms with Gasteiger partial charge in [-0.1, -0.05) is 6.07 Å². The highest BCUT2D eigenvalue weighted by atomic mass is 16.2. The van der Waals surface area contributed by atoms with Gasteiger partial charge >= 0.3 is 0 Å². The molecule has 6 heteroatoms. The van der Waals surface area contributed by atoms with Gasteiger partial charge in [0, 0.05) is 44.8 Å². The van der Waals surface area contributed by atoms with Crippen LogP contribution < -0.4 is 5.32 Å². The van der Waals surface area contributed by atoms with E-state index in [1.54, 1.807) is 17.1 Å². The molecule has 0 bridgehead atoms. The van der Waals surface area contributed by atoms with E-state index in [9.17, 15) is 4.79 Å². The molecule has 3 rings (SSSR count). The monoisotopic (exact) mass is 285 g/mol. The van der Waals surface area contributed by atoms with Crippen molar-refractivity contribution in [3.63, 3.8) is 0 Å². The number of carbonyl (C=O) groups is 1. The van der Waals surface area contributed by atoms with Crippen LogP contribution in [-0.2, 0) is 6.54 Å². The number of aromatic nitrogens is 3. The molecule has 1 atom stereocenters. The van der Waals surface area contributed by atoms with Crippen LogP contribution in [0.4, 0.5) is 0 Å². The van der Waals surface area contributed by atoms with E-state index in [1.165, 1.54) is 0 Å². The Hall–Kier alpha value is -2.21. The van der Waals surface area contributed by atoms with Crippen LogP contribution in [0.15, 0.2) is 36.9 Å². The summed E-state index contributed by atoms with van der Waals surface area (Å²) in [6.07, 6.45) is 7.03. The Morgan fingerprint density at radius 3 is 3.10 bits per heavy atom. The molecule has 1 amide bonds. The Morgan fingerprint density at radius 1 is 1.48 bits per heavy atom. The Labute approximate surface area is 123 Å². The minimum atomic E-state index is 0.0185. The standard InChI is InChI=1S/C15H19N5O/c1-2-19-11-13(9-18-19)15(21)20-7-6-17-10-14(20)12-4-3-5-16-8-12/h3-5,8-9,11,14,17H,2,6-7,10H2,1H3. The molecule has 2 aromatic rings. The second-order valence-corrected chi connectivity index (χ2v) is 5.09. The summed E-state index contributed by atoms with van der Waals surface area (Å²) < 4.78 is 1.77. The molecule has 1 fully saturated rings. The van der Waals surface area contributed by atoms with E-state index in [4.69, 9.17) is 0 Å². The summed E-state index contributed by atoms with van der Waals surface area (Å²) in [6, 6.07) is 3.94. The molecule has 0 saturated carbocycles. The summed E-state index contributed by atoms with van der Waals surface area (Å²) in [5.41, 5.74) is 1.70. The van der Waals surface area contributed by atoms with Gasteiger partial charge in [-0.25, -0.2) is 0 Å². The maximum atomic E-state index is 12.7. The van der Waals surface area contributed by atoms with Crippen molar-refractivity contribution in [2.45, 2.75) is 19.5 Å². The molecule has 0 spiro atoms. The predicted octanol–water partition coefficient (Wildman–Crippen LogP) is 1.08. The van der Waals surface area contributed by atoms with Gasteiger partial charge in [0.05, 0.1) is 17.8 Å². The lowest BCUT2D eigenvalue weighted by Gasteiger charge is -2.36. The third-order valence-electron chi connectivity index (χ3n) is 3.78. The smallest absolute Gasteiger partial charge is 0.257 e. The minimum absolute atomic E-state index is 0.0185. The highest BCUT2D eigenvalue weighted by Crippen LogP contribution is 2.23. The first-order valence-electron chi connectivity index (χ1n) is 7.23. The lowest BCUT2D eigenvalue weighted by molar-refractivity contribution is 0.0634. The Bertz CT molecular complexity index is 610. The topological polar surface area (TPSA) is 63.1 Å². The van der Waals surface area contributed by atoms with Crippen LogP contribution in [0.1, 0.15) is 28.9 Å². The fraction of sp³-hybridized carbons (Fsp3) is 0.400. The molecule has 1 N–H and O–H groups in total. The number of hydrogen-bond acceptors (Lipinski definition) is 4. The van der Waals surface area contributed by atoms with Crippen LogP contribution in [0.2, 0.25) is 0 Å². The number of aryl methyl sites for hydroxylation is 1. The maximum absolute atomic E-state index is 12.7. The first-order chi connectivity index (χ1) is 10.3. The molecule has 21 heavy (non-hydrogen) atoms. The van der Waals surface area contributed by atoms with Crippen LogP contribution in [0, 0.1) is 0 Å². The molecule has 2 aromatic heterocycles. The van der Waals surface area contributed by atoms with Crippen LogP contribution in [-0.4, -0.2) is 45.2 Å². The van der Waals surface area contributed by atoms with E-state index in [1.807, 2.05) is 36.4 Å². The van der Waals surface area contributed by atoms with Gasteiger partial charge in [0.2, 0.25) is 0 Å². The summed E-state index contributed by atoms with van der Waals surface area (Å²) in [5, 5.41) is 7.53. The Balaban J connectivity index is 1.85. The van der Waals surface area contributed by atoms with Crippen molar-refractivity contribution in [2.75, 3.05) is 19.6 Å². The maximum Gasteiger partial charge on any atom is 0.257 e. The Morgan fingerprint density at radius 2 is 2.38 bits per heavy atom. The summed E-state index contributed by atoms with van der Waals surface area (Å²) >= 11 is 0. The number of piperazine rings is 1. The molecule has 110 valence electrons. The highest BCUT2D eigenvalue weighted by Gasteiger charge is 2.29. The zero-order chi connectivity index (χ0) is 14.7. The normalized spacial score (nSPS) is 18.7. The molecule has 0 radical (unpaired) electrons. The van der Waals surface area contributed by atoms with E-state index < -0.39 is 0 Å². The zero-order valence-corrected chi connectivity index (χ0v) is 12.1. The van der Waals surface area contributed by atoms with Crippen molar-refractivity contribution in [3.8, 4) is 0 Å². The lowest BCUT2D eigenvalue weighted by Crippen LogP contribution is -2.48. The fourth-order valence-corrected chi connectivity index (χ4v) is 2.63. The second kappa shape index (κ2) is 6.05. The number of nitrogens with zero attached hydrogens (tertiary/aromatic N) is 4. The van der Waals surface area contributed by atoms with E-state index in [2.05, 4.69) is 15.4 Å². The molecule has 1 saturated heterocycles. The van der Waals surface area contributed by atoms with Gasteiger partial charge in [-0.3, -0.25) is 14.5 Å². The highest BCUT2D eigenvalue weighted by molar-refractivity contribution is 5.94. The largest absolute Gasteiger partial charge is 0.329 e. The number of pyridine rings is 1. The number of carbonyl (C=O) groups excluding carboxylic acids is 1. The number of amides is 1. The van der Waals surface area contributed by atoms with Gasteiger partial charge in [0.15, 0.2) is 0 Å². The first-order valence-corrected chi connectivity index (χ1v) is 7.23. The predicted molar refractivity (Wildman–Crippen MR) is 78.8 cm³/mol. The van der Waals surface area contributed by atoms with Gasteiger partial charge in [-0.15, -0.1) is 0 Å². The second-order valence-electron chi connectivity index (χ2n) is 5.09. The summed E-state index contributed by atoms with van der Waals surface area (Å²) in [5.74, 6) is 0.0325. The van der Waals surface area contributed by atoms with Crippen molar-refractivity contribution >= 4 is 5.91 Å². The molecule has 3 heterocycles. The zero-order valence-electron chi connectivity index (χ0n) is 12.1. The van der Waals surface area contributed by atoms with Gasteiger partial charge in [-0.2, -0.15) is 5.10 Å². The number of hydrogen-bond donors (Lipinski definition) is 1.